The van der Waals surface area contributed by atoms with Crippen LogP contribution in [-0.2, 0) is 27.2 Å². The molecule has 0 radical (unpaired) electrons. The molecule has 1 aromatic heterocycles. The first-order valence-corrected chi connectivity index (χ1v) is 9.09. The second-order valence-electron chi connectivity index (χ2n) is 7.74. The number of methoxy groups -OCH3 is 1. The third-order valence-corrected chi connectivity index (χ3v) is 4.35. The molecule has 0 fully saturated rings. The van der Waals surface area contributed by atoms with Gasteiger partial charge in [-0.15, -0.1) is 0 Å². The van der Waals surface area contributed by atoms with E-state index in [1.165, 1.54) is 12.0 Å². The van der Waals surface area contributed by atoms with Crippen LogP contribution in [0, 0.1) is 0 Å². The molecule has 2 rings (SSSR count). The number of aromatic amines is 1. The number of hydrogen-bond acceptors (Lipinski definition) is 7. The summed E-state index contributed by atoms with van der Waals surface area (Å²) in [6.45, 7) is 6.23. The average Bonchev–Trinajstić information content (AvgIpc) is 3.06. The normalized spacial score (nSPS) is 14.9. The summed E-state index contributed by atoms with van der Waals surface area (Å²) in [7, 11) is 2.74. The highest BCUT2D eigenvalue weighted by Crippen LogP contribution is 2.23. The third-order valence-electron chi connectivity index (χ3n) is 4.35. The fourth-order valence-electron chi connectivity index (χ4n) is 2.81. The molecule has 0 saturated carbocycles. The summed E-state index contributed by atoms with van der Waals surface area (Å²) in [4.78, 5) is 39.3. The van der Waals surface area contributed by atoms with E-state index in [9.17, 15) is 19.5 Å². The van der Waals surface area contributed by atoms with Gasteiger partial charge in [-0.1, -0.05) is 0 Å². The van der Waals surface area contributed by atoms with E-state index < -0.39 is 23.8 Å². The molecule has 0 aliphatic carbocycles. The highest BCUT2D eigenvalue weighted by atomic mass is 16.6. The van der Waals surface area contributed by atoms with E-state index in [-0.39, 0.29) is 31.1 Å². The number of aromatic nitrogens is 2. The summed E-state index contributed by atoms with van der Waals surface area (Å²) >= 11 is 0. The van der Waals surface area contributed by atoms with Crippen molar-refractivity contribution < 1.29 is 29.0 Å². The van der Waals surface area contributed by atoms with E-state index in [0.717, 1.165) is 5.69 Å². The van der Waals surface area contributed by atoms with Crippen LogP contribution < -0.4 is 0 Å². The Kier molecular flexibility index (Phi) is 6.65. The number of amides is 2. The topological polar surface area (TPSA) is 125 Å². The second kappa shape index (κ2) is 8.59. The maximum atomic E-state index is 12.7. The molecular formula is C18H28N4O6. The van der Waals surface area contributed by atoms with Gasteiger partial charge < -0.3 is 24.4 Å². The molecule has 2 amide bonds. The summed E-state index contributed by atoms with van der Waals surface area (Å²) in [6.07, 6.45) is -1.14. The SMILES string of the molecule is COC(=O)C(O)CCN(C)C(=O)c1n[nH]c2c1CN(C(=O)OC(C)(C)C)CC2. The van der Waals surface area contributed by atoms with Crippen molar-refractivity contribution in [2.75, 3.05) is 27.2 Å². The van der Waals surface area contributed by atoms with Crippen LogP contribution in [0.5, 0.6) is 0 Å². The zero-order valence-corrected chi connectivity index (χ0v) is 16.9. The second-order valence-corrected chi connectivity index (χ2v) is 7.74. The number of ether oxygens (including phenoxy) is 2. The lowest BCUT2D eigenvalue weighted by Crippen LogP contribution is -2.40. The highest BCUT2D eigenvalue weighted by molar-refractivity contribution is 5.94. The molecular weight excluding hydrogens is 368 g/mol. The average molecular weight is 396 g/mol. The summed E-state index contributed by atoms with van der Waals surface area (Å²) in [6, 6.07) is 0. The van der Waals surface area contributed by atoms with E-state index in [0.29, 0.717) is 18.5 Å². The van der Waals surface area contributed by atoms with Gasteiger partial charge in [-0.3, -0.25) is 9.89 Å². The number of H-pyrrole nitrogens is 1. The van der Waals surface area contributed by atoms with Gasteiger partial charge in [0.1, 0.15) is 5.60 Å². The molecule has 28 heavy (non-hydrogen) atoms. The molecule has 1 atom stereocenters. The molecule has 10 heteroatoms. The molecule has 0 spiro atoms. The molecule has 1 aromatic rings. The van der Waals surface area contributed by atoms with Crippen LogP contribution in [-0.4, -0.2) is 82.0 Å². The summed E-state index contributed by atoms with van der Waals surface area (Å²) < 4.78 is 9.87. The first-order valence-electron chi connectivity index (χ1n) is 9.09. The lowest BCUT2D eigenvalue weighted by Gasteiger charge is -2.30. The highest BCUT2D eigenvalue weighted by Gasteiger charge is 2.31. The molecule has 0 saturated heterocycles. The fraction of sp³-hybridized carbons (Fsp3) is 0.667. The molecule has 10 nitrogen and oxygen atoms in total. The zero-order valence-electron chi connectivity index (χ0n) is 16.9. The molecule has 2 N–H and O–H groups in total. The molecule has 2 heterocycles. The van der Waals surface area contributed by atoms with Gasteiger partial charge in [0.25, 0.3) is 5.91 Å². The quantitative estimate of drug-likeness (QED) is 0.702. The summed E-state index contributed by atoms with van der Waals surface area (Å²) in [5, 5.41) is 16.6. The number of carbonyl (C=O) groups is 3. The minimum absolute atomic E-state index is 0.0472. The van der Waals surface area contributed by atoms with Gasteiger partial charge in [-0.25, -0.2) is 9.59 Å². The van der Waals surface area contributed by atoms with Crippen molar-refractivity contribution in [3.63, 3.8) is 0 Å². The van der Waals surface area contributed by atoms with Crippen LogP contribution in [0.25, 0.3) is 0 Å². The van der Waals surface area contributed by atoms with Crippen LogP contribution in [0.1, 0.15) is 48.9 Å². The number of fused-ring (bicyclic) bond motifs is 1. The molecule has 0 bridgehead atoms. The first-order chi connectivity index (χ1) is 13.0. The van der Waals surface area contributed by atoms with E-state index in [1.807, 2.05) is 0 Å². The lowest BCUT2D eigenvalue weighted by atomic mass is 10.0. The van der Waals surface area contributed by atoms with Crippen molar-refractivity contribution in [2.45, 2.75) is 51.9 Å². The number of rotatable bonds is 5. The fourth-order valence-corrected chi connectivity index (χ4v) is 2.81. The Morgan fingerprint density at radius 1 is 1.36 bits per heavy atom. The third kappa shape index (κ3) is 5.22. The van der Waals surface area contributed by atoms with Crippen molar-refractivity contribution in [3.8, 4) is 0 Å². The van der Waals surface area contributed by atoms with E-state index in [2.05, 4.69) is 14.9 Å². The number of nitrogens with one attached hydrogen (secondary N) is 1. The van der Waals surface area contributed by atoms with Crippen LogP contribution in [0.4, 0.5) is 4.79 Å². The summed E-state index contributed by atoms with van der Waals surface area (Å²) in [5.41, 5.74) is 1.08. The predicted octanol–water partition coefficient (Wildman–Crippen LogP) is 0.699. The van der Waals surface area contributed by atoms with E-state index in [1.54, 1.807) is 32.7 Å². The zero-order chi connectivity index (χ0) is 21.1. The Labute approximate surface area is 163 Å². The number of carbonyl (C=O) groups excluding carboxylic acids is 3. The maximum absolute atomic E-state index is 12.7. The minimum Gasteiger partial charge on any atom is -0.467 e. The predicted molar refractivity (Wildman–Crippen MR) is 98.5 cm³/mol. The Morgan fingerprint density at radius 3 is 2.64 bits per heavy atom. The number of aliphatic hydroxyl groups is 1. The Balaban J connectivity index is 2.05. The van der Waals surface area contributed by atoms with Gasteiger partial charge in [0.05, 0.1) is 13.7 Å². The van der Waals surface area contributed by atoms with E-state index in [4.69, 9.17) is 4.74 Å². The van der Waals surface area contributed by atoms with Gasteiger partial charge in [0.15, 0.2) is 11.8 Å². The van der Waals surface area contributed by atoms with Gasteiger partial charge in [-0.05, 0) is 20.8 Å². The standard InChI is InChI=1S/C18H28N4O6/c1-18(2,3)28-17(26)22-9-6-12-11(10-22)14(20-19-12)15(24)21(4)8-7-13(23)16(25)27-5/h13,23H,6-10H2,1-5H3,(H,19,20). The molecule has 0 aromatic carbocycles. The Bertz CT molecular complexity index is 739. The molecule has 1 aliphatic rings. The largest absolute Gasteiger partial charge is 0.467 e. The van der Waals surface area contributed by atoms with Gasteiger partial charge in [0.2, 0.25) is 0 Å². The molecule has 156 valence electrons. The Hall–Kier alpha value is -2.62. The molecule has 1 unspecified atom stereocenters. The minimum atomic E-state index is -1.30. The number of hydrogen-bond donors (Lipinski definition) is 2. The lowest BCUT2D eigenvalue weighted by molar-refractivity contribution is -0.150. The van der Waals surface area contributed by atoms with Crippen LogP contribution in [0.2, 0.25) is 0 Å². The number of esters is 1. The van der Waals surface area contributed by atoms with Crippen molar-refractivity contribution in [3.05, 3.63) is 17.0 Å². The number of aliphatic hydroxyl groups excluding tert-OH is 1. The van der Waals surface area contributed by atoms with Crippen molar-refractivity contribution in [1.29, 1.82) is 0 Å². The van der Waals surface area contributed by atoms with Gasteiger partial charge in [-0.2, -0.15) is 5.10 Å². The van der Waals surface area contributed by atoms with Crippen molar-refractivity contribution >= 4 is 18.0 Å². The van der Waals surface area contributed by atoms with Crippen LogP contribution >= 0.6 is 0 Å². The van der Waals surface area contributed by atoms with Gasteiger partial charge >= 0.3 is 12.1 Å². The molecule has 1 aliphatic heterocycles. The maximum Gasteiger partial charge on any atom is 0.410 e. The number of nitrogens with zero attached hydrogens (tertiary/aromatic N) is 3. The van der Waals surface area contributed by atoms with Crippen LogP contribution in [0.15, 0.2) is 0 Å². The van der Waals surface area contributed by atoms with Crippen molar-refractivity contribution in [1.82, 2.24) is 20.0 Å². The summed E-state index contributed by atoms with van der Waals surface area (Å²) in [5.74, 6) is -1.10. The van der Waals surface area contributed by atoms with E-state index >= 15 is 0 Å². The van der Waals surface area contributed by atoms with Crippen molar-refractivity contribution in [2.24, 2.45) is 0 Å². The monoisotopic (exact) mass is 396 g/mol. The smallest absolute Gasteiger partial charge is 0.410 e. The first kappa shape index (κ1) is 21.7. The van der Waals surface area contributed by atoms with Gasteiger partial charge in [0, 0.05) is 44.2 Å². The van der Waals surface area contributed by atoms with Crippen LogP contribution in [0.3, 0.4) is 0 Å². The Morgan fingerprint density at radius 2 is 2.04 bits per heavy atom.